The number of nitrogens with one attached hydrogen (secondary N) is 2. The van der Waals surface area contributed by atoms with Crippen LogP contribution in [0, 0.1) is 0 Å². The van der Waals surface area contributed by atoms with Crippen molar-refractivity contribution < 1.29 is 4.79 Å². The molecule has 1 amide bonds. The Kier molecular flexibility index (Phi) is 6.44. The van der Waals surface area contributed by atoms with Crippen LogP contribution < -0.4 is 5.32 Å². The van der Waals surface area contributed by atoms with Gasteiger partial charge in [0.1, 0.15) is 0 Å². The highest BCUT2D eigenvalue weighted by Crippen LogP contribution is 2.22. The topological polar surface area (TPSA) is 70.7 Å². The van der Waals surface area contributed by atoms with Crippen LogP contribution in [0.5, 0.6) is 0 Å². The van der Waals surface area contributed by atoms with Crippen molar-refractivity contribution in [2.45, 2.75) is 36.7 Å². The maximum absolute atomic E-state index is 12.5. The number of rotatable bonds is 8. The third kappa shape index (κ3) is 5.27. The summed E-state index contributed by atoms with van der Waals surface area (Å²) in [5, 5.41) is 3.96. The van der Waals surface area contributed by atoms with Gasteiger partial charge in [-0.3, -0.25) is 9.78 Å². The quantitative estimate of drug-likeness (QED) is 0.397. The van der Waals surface area contributed by atoms with E-state index in [4.69, 9.17) is 0 Å². The van der Waals surface area contributed by atoms with Crippen molar-refractivity contribution in [3.05, 3.63) is 89.7 Å². The van der Waals surface area contributed by atoms with E-state index in [2.05, 4.69) is 39.3 Å². The highest BCUT2D eigenvalue weighted by molar-refractivity contribution is 7.98. The third-order valence-electron chi connectivity index (χ3n) is 4.94. The van der Waals surface area contributed by atoms with Crippen molar-refractivity contribution in [1.29, 1.82) is 0 Å². The molecule has 0 fully saturated rings. The van der Waals surface area contributed by atoms with Crippen LogP contribution >= 0.6 is 11.8 Å². The molecular formula is C24H24N4OS. The first-order chi connectivity index (χ1) is 14.7. The van der Waals surface area contributed by atoms with E-state index in [-0.39, 0.29) is 11.9 Å². The van der Waals surface area contributed by atoms with Gasteiger partial charge in [-0.1, -0.05) is 54.2 Å². The molecule has 0 saturated heterocycles. The Balaban J connectivity index is 1.27. The van der Waals surface area contributed by atoms with E-state index >= 15 is 0 Å². The summed E-state index contributed by atoms with van der Waals surface area (Å²) >= 11 is 1.63. The normalized spacial score (nSPS) is 12.0. The molecule has 0 bridgehead atoms. The van der Waals surface area contributed by atoms with Crippen LogP contribution in [0.4, 0.5) is 0 Å². The molecule has 152 valence electrons. The smallest absolute Gasteiger partial charge is 0.251 e. The van der Waals surface area contributed by atoms with Crippen LogP contribution in [0.1, 0.15) is 34.8 Å². The molecule has 0 spiro atoms. The fourth-order valence-corrected chi connectivity index (χ4v) is 4.05. The number of aromatic nitrogens is 3. The van der Waals surface area contributed by atoms with E-state index in [0.29, 0.717) is 5.56 Å². The Bertz CT molecular complexity index is 1080. The van der Waals surface area contributed by atoms with Gasteiger partial charge in [-0.15, -0.1) is 0 Å². The molecule has 0 saturated carbocycles. The lowest BCUT2D eigenvalue weighted by Crippen LogP contribution is -2.32. The number of H-pyrrole nitrogens is 1. The SMILES string of the molecule is C[C@H](CCc1ccccc1)NC(=O)c1ccc(CSc2nc3ccncc3[nH]2)cc1. The first kappa shape index (κ1) is 20.2. The fourth-order valence-electron chi connectivity index (χ4n) is 3.21. The van der Waals surface area contributed by atoms with Gasteiger partial charge in [-0.25, -0.2) is 4.98 Å². The Morgan fingerprint density at radius 2 is 1.87 bits per heavy atom. The van der Waals surface area contributed by atoms with E-state index in [1.165, 1.54) is 5.56 Å². The maximum atomic E-state index is 12.5. The molecule has 4 aromatic rings. The molecular weight excluding hydrogens is 392 g/mol. The Morgan fingerprint density at radius 3 is 2.63 bits per heavy atom. The number of pyridine rings is 1. The summed E-state index contributed by atoms with van der Waals surface area (Å²) in [5.74, 6) is 0.752. The molecule has 0 aliphatic carbocycles. The lowest BCUT2D eigenvalue weighted by molar-refractivity contribution is 0.0938. The van der Waals surface area contributed by atoms with E-state index in [1.807, 2.05) is 48.5 Å². The van der Waals surface area contributed by atoms with Gasteiger partial charge in [0.15, 0.2) is 5.16 Å². The molecule has 2 heterocycles. The number of imidazole rings is 1. The lowest BCUT2D eigenvalue weighted by atomic mass is 10.1. The van der Waals surface area contributed by atoms with Gasteiger partial charge in [0.2, 0.25) is 0 Å². The average molecular weight is 417 g/mol. The molecule has 0 aliphatic rings. The van der Waals surface area contributed by atoms with Crippen molar-refractivity contribution in [3.8, 4) is 0 Å². The second-order valence-electron chi connectivity index (χ2n) is 7.32. The van der Waals surface area contributed by atoms with E-state index in [1.54, 1.807) is 24.2 Å². The largest absolute Gasteiger partial charge is 0.350 e. The summed E-state index contributed by atoms with van der Waals surface area (Å²) in [4.78, 5) is 24.4. The monoisotopic (exact) mass is 416 g/mol. The first-order valence-corrected chi connectivity index (χ1v) is 11.0. The number of hydrogen-bond donors (Lipinski definition) is 2. The molecule has 0 aliphatic heterocycles. The van der Waals surface area contributed by atoms with E-state index in [0.717, 1.165) is 40.3 Å². The molecule has 2 aromatic carbocycles. The van der Waals surface area contributed by atoms with Crippen LogP contribution in [0.3, 0.4) is 0 Å². The molecule has 1 atom stereocenters. The number of carbonyl (C=O) groups excluding carboxylic acids is 1. The van der Waals surface area contributed by atoms with Gasteiger partial charge < -0.3 is 10.3 Å². The molecule has 5 nitrogen and oxygen atoms in total. The summed E-state index contributed by atoms with van der Waals surface area (Å²) in [7, 11) is 0. The highest BCUT2D eigenvalue weighted by Gasteiger charge is 2.10. The fraction of sp³-hybridized carbons (Fsp3) is 0.208. The summed E-state index contributed by atoms with van der Waals surface area (Å²) < 4.78 is 0. The number of amides is 1. The number of carbonyl (C=O) groups is 1. The van der Waals surface area contributed by atoms with E-state index in [9.17, 15) is 4.79 Å². The van der Waals surface area contributed by atoms with Crippen LogP contribution in [0.15, 0.2) is 78.2 Å². The minimum Gasteiger partial charge on any atom is -0.350 e. The third-order valence-corrected chi connectivity index (χ3v) is 5.88. The number of thioether (sulfide) groups is 1. The Labute approximate surface area is 180 Å². The number of nitrogens with zero attached hydrogens (tertiary/aromatic N) is 2. The van der Waals surface area contributed by atoms with Crippen LogP contribution in [-0.4, -0.2) is 26.9 Å². The van der Waals surface area contributed by atoms with Gasteiger partial charge in [-0.2, -0.15) is 0 Å². The number of aryl methyl sites for hydroxylation is 1. The predicted molar refractivity (Wildman–Crippen MR) is 122 cm³/mol. The van der Waals surface area contributed by atoms with Gasteiger partial charge >= 0.3 is 0 Å². The van der Waals surface area contributed by atoms with Crippen molar-refractivity contribution in [3.63, 3.8) is 0 Å². The summed E-state index contributed by atoms with van der Waals surface area (Å²) in [6.45, 7) is 2.05. The first-order valence-electron chi connectivity index (χ1n) is 10.0. The molecule has 4 rings (SSSR count). The van der Waals surface area contributed by atoms with Crippen LogP contribution in [0.2, 0.25) is 0 Å². The molecule has 6 heteroatoms. The molecule has 0 radical (unpaired) electrons. The number of fused-ring (bicyclic) bond motifs is 1. The molecule has 2 N–H and O–H groups in total. The molecule has 2 aromatic heterocycles. The second kappa shape index (κ2) is 9.59. The molecule has 30 heavy (non-hydrogen) atoms. The minimum atomic E-state index is -0.0282. The standard InChI is InChI=1S/C24H24N4OS/c1-17(7-8-18-5-3-2-4-6-18)26-23(29)20-11-9-19(10-12-20)16-30-24-27-21-13-14-25-15-22(21)28-24/h2-6,9-15,17H,7-8,16H2,1H3,(H,26,29)(H,27,28)/t17-/m1/s1. The highest BCUT2D eigenvalue weighted by atomic mass is 32.2. The minimum absolute atomic E-state index is 0.0282. The van der Waals surface area contributed by atoms with Gasteiger partial charge in [0, 0.05) is 23.6 Å². The van der Waals surface area contributed by atoms with Gasteiger partial charge in [0.25, 0.3) is 5.91 Å². The van der Waals surface area contributed by atoms with Crippen LogP contribution in [-0.2, 0) is 12.2 Å². The number of benzene rings is 2. The van der Waals surface area contributed by atoms with Crippen molar-refractivity contribution in [2.24, 2.45) is 0 Å². The predicted octanol–water partition coefficient (Wildman–Crippen LogP) is 5.00. The zero-order chi connectivity index (χ0) is 20.8. The summed E-state index contributed by atoms with van der Waals surface area (Å²) in [6.07, 6.45) is 5.39. The Hall–Kier alpha value is -3.12. The maximum Gasteiger partial charge on any atom is 0.251 e. The number of aromatic amines is 1. The molecule has 0 unspecified atom stereocenters. The van der Waals surface area contributed by atoms with Crippen molar-refractivity contribution in [2.75, 3.05) is 0 Å². The number of hydrogen-bond acceptors (Lipinski definition) is 4. The van der Waals surface area contributed by atoms with Crippen molar-refractivity contribution >= 4 is 28.7 Å². The van der Waals surface area contributed by atoms with Crippen LogP contribution in [0.25, 0.3) is 11.0 Å². The Morgan fingerprint density at radius 1 is 1.07 bits per heavy atom. The summed E-state index contributed by atoms with van der Waals surface area (Å²) in [5.41, 5.74) is 4.98. The van der Waals surface area contributed by atoms with Gasteiger partial charge in [0.05, 0.1) is 17.2 Å². The summed E-state index contributed by atoms with van der Waals surface area (Å²) in [6, 6.07) is 20.1. The van der Waals surface area contributed by atoms with Gasteiger partial charge in [-0.05, 0) is 49.1 Å². The van der Waals surface area contributed by atoms with Crippen molar-refractivity contribution in [1.82, 2.24) is 20.3 Å². The van der Waals surface area contributed by atoms with E-state index < -0.39 is 0 Å². The zero-order valence-corrected chi connectivity index (χ0v) is 17.7. The zero-order valence-electron chi connectivity index (χ0n) is 16.8. The average Bonchev–Trinajstić information content (AvgIpc) is 3.20. The second-order valence-corrected chi connectivity index (χ2v) is 8.28. The lowest BCUT2D eigenvalue weighted by Gasteiger charge is -2.14.